The second-order valence-corrected chi connectivity index (χ2v) is 6.03. The lowest BCUT2D eigenvalue weighted by Crippen LogP contribution is -2.69. The van der Waals surface area contributed by atoms with E-state index < -0.39 is 45.8 Å². The molecule has 21 heavy (non-hydrogen) atoms. The Morgan fingerprint density at radius 3 is 1.76 bits per heavy atom. The van der Waals surface area contributed by atoms with Crippen LogP contribution in [0.15, 0.2) is 0 Å². The van der Waals surface area contributed by atoms with Gasteiger partial charge in [0, 0.05) is 10.5 Å². The summed E-state index contributed by atoms with van der Waals surface area (Å²) < 4.78 is 0. The lowest BCUT2D eigenvalue weighted by molar-refractivity contribution is -0.743. The van der Waals surface area contributed by atoms with Gasteiger partial charge in [0.2, 0.25) is 6.67 Å². The average Bonchev–Trinajstić information content (AvgIpc) is 2.34. The zero-order valence-electron chi connectivity index (χ0n) is 12.0. The van der Waals surface area contributed by atoms with E-state index in [9.17, 15) is 30.3 Å². The molecule has 0 radical (unpaired) electrons. The van der Waals surface area contributed by atoms with Crippen molar-refractivity contribution in [1.82, 2.24) is 15.3 Å². The molecule has 0 aliphatic carbocycles. The summed E-state index contributed by atoms with van der Waals surface area (Å²) >= 11 is 0. The molecule has 1 aliphatic rings. The standard InChI is InChI=1S/C9H18N6O6/c1-8(2,3)10-4-9(13(16)17)5-11(14(18)19)7-12(6-9)15(20)21/h10H,4-7H2,1-3H3. The van der Waals surface area contributed by atoms with E-state index >= 15 is 0 Å². The zero-order chi connectivity index (χ0) is 16.4. The second kappa shape index (κ2) is 5.63. The van der Waals surface area contributed by atoms with Crippen LogP contribution in [0.25, 0.3) is 0 Å². The number of hydrogen-bond donors (Lipinski definition) is 1. The minimum atomic E-state index is -1.83. The van der Waals surface area contributed by atoms with E-state index in [1.165, 1.54) is 0 Å². The number of nitrogens with one attached hydrogen (secondary N) is 1. The highest BCUT2D eigenvalue weighted by molar-refractivity contribution is 4.91. The first kappa shape index (κ1) is 16.8. The molecule has 0 spiro atoms. The summed E-state index contributed by atoms with van der Waals surface area (Å²) in [6, 6.07) is 0. The molecule has 0 unspecified atom stereocenters. The molecule has 0 aromatic heterocycles. The highest BCUT2D eigenvalue weighted by Gasteiger charge is 2.55. The van der Waals surface area contributed by atoms with Crippen molar-refractivity contribution < 1.29 is 15.0 Å². The van der Waals surface area contributed by atoms with E-state index in [0.29, 0.717) is 10.0 Å². The number of hydrazine groups is 2. The minimum Gasteiger partial charge on any atom is -0.305 e. The molecule has 1 fully saturated rings. The largest absolute Gasteiger partial charge is 0.305 e. The Morgan fingerprint density at radius 2 is 1.48 bits per heavy atom. The van der Waals surface area contributed by atoms with Gasteiger partial charge in [0.25, 0.3) is 5.54 Å². The van der Waals surface area contributed by atoms with Gasteiger partial charge in [-0.15, -0.1) is 0 Å². The van der Waals surface area contributed by atoms with Gasteiger partial charge in [-0.05, 0) is 20.8 Å². The summed E-state index contributed by atoms with van der Waals surface area (Å²) in [7, 11) is 0. The van der Waals surface area contributed by atoms with Gasteiger partial charge in [-0.1, -0.05) is 10.0 Å². The summed E-state index contributed by atoms with van der Waals surface area (Å²) in [4.78, 5) is 32.5. The average molecular weight is 306 g/mol. The summed E-state index contributed by atoms with van der Waals surface area (Å²) in [6.45, 7) is 3.53. The van der Waals surface area contributed by atoms with Crippen LogP contribution in [0.2, 0.25) is 0 Å². The third-order valence-electron chi connectivity index (χ3n) is 3.08. The zero-order valence-corrected chi connectivity index (χ0v) is 12.0. The van der Waals surface area contributed by atoms with Gasteiger partial charge in [0.05, 0.1) is 6.54 Å². The molecule has 0 bridgehead atoms. The van der Waals surface area contributed by atoms with E-state index in [1.54, 1.807) is 20.8 Å². The van der Waals surface area contributed by atoms with E-state index in [4.69, 9.17) is 0 Å². The van der Waals surface area contributed by atoms with Crippen molar-refractivity contribution in [1.29, 1.82) is 0 Å². The van der Waals surface area contributed by atoms with Gasteiger partial charge in [0.1, 0.15) is 0 Å². The van der Waals surface area contributed by atoms with Crippen molar-refractivity contribution in [2.45, 2.75) is 31.8 Å². The van der Waals surface area contributed by atoms with Crippen LogP contribution in [0.1, 0.15) is 20.8 Å². The monoisotopic (exact) mass is 306 g/mol. The van der Waals surface area contributed by atoms with Crippen molar-refractivity contribution in [2.24, 2.45) is 0 Å². The van der Waals surface area contributed by atoms with E-state index in [0.717, 1.165) is 0 Å². The first-order valence-electron chi connectivity index (χ1n) is 6.15. The molecule has 1 heterocycles. The number of nitrogens with zero attached hydrogens (tertiary/aromatic N) is 5. The third kappa shape index (κ3) is 4.11. The molecule has 120 valence electrons. The van der Waals surface area contributed by atoms with Crippen molar-refractivity contribution in [3.8, 4) is 0 Å². The van der Waals surface area contributed by atoms with E-state index in [2.05, 4.69) is 5.32 Å². The van der Waals surface area contributed by atoms with Crippen LogP contribution in [-0.2, 0) is 0 Å². The molecular formula is C9H18N6O6. The Kier molecular flexibility index (Phi) is 4.51. The quantitative estimate of drug-likeness (QED) is 0.516. The van der Waals surface area contributed by atoms with Crippen molar-refractivity contribution in [3.63, 3.8) is 0 Å². The summed E-state index contributed by atoms with van der Waals surface area (Å²) in [5.41, 5.74) is -2.29. The topological polar surface area (TPSA) is 148 Å². The Bertz CT molecular complexity index is 426. The van der Waals surface area contributed by atoms with Crippen LogP contribution >= 0.6 is 0 Å². The molecule has 1 saturated heterocycles. The molecule has 1 N–H and O–H groups in total. The van der Waals surface area contributed by atoms with Gasteiger partial charge in [0.15, 0.2) is 23.2 Å². The van der Waals surface area contributed by atoms with Crippen LogP contribution in [0.5, 0.6) is 0 Å². The summed E-state index contributed by atoms with van der Waals surface area (Å²) in [6.07, 6.45) is 0. The van der Waals surface area contributed by atoms with Crippen LogP contribution in [0.3, 0.4) is 0 Å². The molecule has 0 saturated carbocycles. The fraction of sp³-hybridized carbons (Fsp3) is 1.00. The maximum Gasteiger partial charge on any atom is 0.280 e. The van der Waals surface area contributed by atoms with Gasteiger partial charge >= 0.3 is 0 Å². The molecule has 0 aromatic carbocycles. The highest BCUT2D eigenvalue weighted by atomic mass is 16.7. The van der Waals surface area contributed by atoms with Crippen molar-refractivity contribution in [3.05, 3.63) is 30.3 Å². The molecule has 1 aliphatic heterocycles. The highest BCUT2D eigenvalue weighted by Crippen LogP contribution is 2.21. The second-order valence-electron chi connectivity index (χ2n) is 6.03. The third-order valence-corrected chi connectivity index (χ3v) is 3.08. The van der Waals surface area contributed by atoms with Crippen molar-refractivity contribution in [2.75, 3.05) is 26.3 Å². The molecular weight excluding hydrogens is 288 g/mol. The maximum atomic E-state index is 11.4. The van der Waals surface area contributed by atoms with Crippen LogP contribution < -0.4 is 5.32 Å². The first-order chi connectivity index (χ1) is 9.47. The normalized spacial score (nSPS) is 18.4. The SMILES string of the molecule is CC(C)(C)NCC1([N+](=O)[O-])CN([N+](=O)[O-])CN([N+](=O)[O-])C1. The van der Waals surface area contributed by atoms with Crippen LogP contribution in [-0.4, -0.2) is 62.4 Å². The number of hydrogen-bond acceptors (Lipinski definition) is 7. The predicted octanol–water partition coefficient (Wildman–Crippen LogP) is -0.651. The molecule has 0 aromatic rings. The van der Waals surface area contributed by atoms with E-state index in [1.807, 2.05) is 0 Å². The smallest absolute Gasteiger partial charge is 0.280 e. The predicted molar refractivity (Wildman–Crippen MR) is 69.7 cm³/mol. The number of rotatable bonds is 5. The molecule has 0 atom stereocenters. The van der Waals surface area contributed by atoms with Crippen LogP contribution in [0, 0.1) is 30.3 Å². The summed E-state index contributed by atoms with van der Waals surface area (Å²) in [5, 5.41) is 35.3. The maximum absolute atomic E-state index is 11.4. The van der Waals surface area contributed by atoms with Gasteiger partial charge in [-0.25, -0.2) is 20.2 Å². The molecule has 1 rings (SSSR count). The van der Waals surface area contributed by atoms with Gasteiger partial charge in [-0.2, -0.15) is 0 Å². The molecule has 12 nitrogen and oxygen atoms in total. The minimum absolute atomic E-state index is 0.210. The first-order valence-corrected chi connectivity index (χ1v) is 6.15. The Morgan fingerprint density at radius 1 is 1.05 bits per heavy atom. The Hall–Kier alpha value is -2.24. The van der Waals surface area contributed by atoms with Crippen molar-refractivity contribution >= 4 is 0 Å². The van der Waals surface area contributed by atoms with E-state index in [-0.39, 0.29) is 6.54 Å². The number of nitro groups is 3. The fourth-order valence-corrected chi connectivity index (χ4v) is 1.96. The fourth-order valence-electron chi connectivity index (χ4n) is 1.96. The lowest BCUT2D eigenvalue weighted by Gasteiger charge is -2.36. The lowest BCUT2D eigenvalue weighted by atomic mass is 9.96. The van der Waals surface area contributed by atoms with Gasteiger partial charge < -0.3 is 5.32 Å². The molecule has 12 heteroatoms. The molecule has 0 amide bonds. The van der Waals surface area contributed by atoms with Crippen LogP contribution in [0.4, 0.5) is 0 Å². The summed E-state index contributed by atoms with van der Waals surface area (Å²) in [5.74, 6) is 0. The Labute approximate surface area is 120 Å². The Balaban J connectivity index is 3.06. The van der Waals surface area contributed by atoms with Gasteiger partial charge in [-0.3, -0.25) is 10.1 Å².